The monoisotopic (exact) mass is 392 g/mol. The van der Waals surface area contributed by atoms with Crippen LogP contribution in [0.4, 0.5) is 5.69 Å². The number of carbonyl (C=O) groups is 1. The minimum absolute atomic E-state index is 0.0241. The number of methoxy groups -OCH3 is 1. The molecule has 1 saturated heterocycles. The van der Waals surface area contributed by atoms with Gasteiger partial charge in [0.2, 0.25) is 5.89 Å². The summed E-state index contributed by atoms with van der Waals surface area (Å²) in [6.07, 6.45) is 0. The van der Waals surface area contributed by atoms with Gasteiger partial charge >= 0.3 is 11.8 Å². The molecule has 0 saturated carbocycles. The van der Waals surface area contributed by atoms with E-state index in [2.05, 4.69) is 47.1 Å². The zero-order chi connectivity index (χ0) is 20.4. The SMILES string of the molecule is COc1ccc(-c2nnc(C(=O)N3CCN(c4cccc(C)c4C)CC3)o2)cc1. The molecule has 1 fully saturated rings. The van der Waals surface area contributed by atoms with Crippen molar-refractivity contribution in [1.29, 1.82) is 0 Å². The molecule has 0 aliphatic carbocycles. The molecule has 1 aliphatic heterocycles. The quantitative estimate of drug-likeness (QED) is 0.678. The molecule has 1 amide bonds. The minimum Gasteiger partial charge on any atom is -0.497 e. The lowest BCUT2D eigenvalue weighted by molar-refractivity contribution is 0.0707. The molecule has 150 valence electrons. The standard InChI is InChI=1S/C22H24N4O3/c1-15-5-4-6-19(16(15)2)25-11-13-26(14-12-25)22(27)21-24-23-20(29-21)17-7-9-18(28-3)10-8-17/h4-10H,11-14H2,1-3H3. The molecular formula is C22H24N4O3. The summed E-state index contributed by atoms with van der Waals surface area (Å²) >= 11 is 0. The van der Waals surface area contributed by atoms with Crippen LogP contribution >= 0.6 is 0 Å². The fraction of sp³-hybridized carbons (Fsp3) is 0.318. The molecule has 4 rings (SSSR count). The zero-order valence-corrected chi connectivity index (χ0v) is 16.9. The Balaban J connectivity index is 1.42. The van der Waals surface area contributed by atoms with Crippen molar-refractivity contribution in [1.82, 2.24) is 15.1 Å². The van der Waals surface area contributed by atoms with E-state index in [0.717, 1.165) is 24.4 Å². The Bertz CT molecular complexity index is 1010. The Kier molecular flexibility index (Phi) is 5.20. The van der Waals surface area contributed by atoms with Gasteiger partial charge in [-0.2, -0.15) is 0 Å². The molecule has 0 unspecified atom stereocenters. The fourth-order valence-corrected chi connectivity index (χ4v) is 3.52. The van der Waals surface area contributed by atoms with E-state index >= 15 is 0 Å². The van der Waals surface area contributed by atoms with Crippen molar-refractivity contribution in [2.24, 2.45) is 0 Å². The first kappa shape index (κ1) is 19.0. The molecular weight excluding hydrogens is 368 g/mol. The van der Waals surface area contributed by atoms with Gasteiger partial charge in [0.1, 0.15) is 5.75 Å². The normalized spacial score (nSPS) is 14.2. The maximum Gasteiger partial charge on any atom is 0.311 e. The number of hydrogen-bond acceptors (Lipinski definition) is 6. The van der Waals surface area contributed by atoms with Crippen molar-refractivity contribution in [3.05, 3.63) is 59.5 Å². The summed E-state index contributed by atoms with van der Waals surface area (Å²) in [7, 11) is 1.61. The fourth-order valence-electron chi connectivity index (χ4n) is 3.52. The van der Waals surface area contributed by atoms with Crippen LogP contribution in [0.1, 0.15) is 21.8 Å². The zero-order valence-electron chi connectivity index (χ0n) is 16.9. The third-order valence-corrected chi connectivity index (χ3v) is 5.43. The third-order valence-electron chi connectivity index (χ3n) is 5.43. The molecule has 2 heterocycles. The van der Waals surface area contributed by atoms with Crippen LogP contribution in [-0.2, 0) is 0 Å². The van der Waals surface area contributed by atoms with Gasteiger partial charge in [0.15, 0.2) is 0 Å². The second-order valence-corrected chi connectivity index (χ2v) is 7.14. The maximum atomic E-state index is 12.8. The molecule has 0 radical (unpaired) electrons. The van der Waals surface area contributed by atoms with E-state index in [0.29, 0.717) is 19.0 Å². The molecule has 1 aliphatic rings. The Labute approximate surface area is 169 Å². The van der Waals surface area contributed by atoms with Crippen molar-refractivity contribution in [3.63, 3.8) is 0 Å². The first-order chi connectivity index (χ1) is 14.1. The average molecular weight is 392 g/mol. The van der Waals surface area contributed by atoms with Crippen LogP contribution in [-0.4, -0.2) is 54.3 Å². The first-order valence-corrected chi connectivity index (χ1v) is 9.65. The number of hydrogen-bond donors (Lipinski definition) is 0. The summed E-state index contributed by atoms with van der Waals surface area (Å²) in [5.41, 5.74) is 4.54. The van der Waals surface area contributed by atoms with Gasteiger partial charge < -0.3 is 19.0 Å². The van der Waals surface area contributed by atoms with Crippen LogP contribution in [0.3, 0.4) is 0 Å². The number of aryl methyl sites for hydroxylation is 1. The molecule has 0 spiro atoms. The molecule has 0 bridgehead atoms. The smallest absolute Gasteiger partial charge is 0.311 e. The van der Waals surface area contributed by atoms with E-state index in [9.17, 15) is 4.79 Å². The Morgan fingerprint density at radius 3 is 2.41 bits per heavy atom. The highest BCUT2D eigenvalue weighted by Crippen LogP contribution is 2.25. The van der Waals surface area contributed by atoms with Crippen LogP contribution in [0.5, 0.6) is 5.75 Å². The number of carbonyl (C=O) groups excluding carboxylic acids is 1. The molecule has 2 aromatic carbocycles. The first-order valence-electron chi connectivity index (χ1n) is 9.65. The van der Waals surface area contributed by atoms with Crippen molar-refractivity contribution < 1.29 is 13.9 Å². The number of nitrogens with zero attached hydrogens (tertiary/aromatic N) is 4. The largest absolute Gasteiger partial charge is 0.497 e. The van der Waals surface area contributed by atoms with E-state index < -0.39 is 0 Å². The van der Waals surface area contributed by atoms with Crippen molar-refractivity contribution in [2.45, 2.75) is 13.8 Å². The Morgan fingerprint density at radius 1 is 1.00 bits per heavy atom. The average Bonchev–Trinajstić information content (AvgIpc) is 3.26. The molecule has 7 nitrogen and oxygen atoms in total. The van der Waals surface area contributed by atoms with Gasteiger partial charge in [-0.3, -0.25) is 4.79 Å². The third kappa shape index (κ3) is 3.81. The van der Waals surface area contributed by atoms with Gasteiger partial charge in [-0.15, -0.1) is 10.2 Å². The summed E-state index contributed by atoms with van der Waals surface area (Å²) in [6, 6.07) is 13.6. The Hall–Kier alpha value is -3.35. The lowest BCUT2D eigenvalue weighted by atomic mass is 10.1. The van der Waals surface area contributed by atoms with Gasteiger partial charge in [-0.1, -0.05) is 12.1 Å². The number of anilines is 1. The summed E-state index contributed by atoms with van der Waals surface area (Å²) in [4.78, 5) is 16.9. The van der Waals surface area contributed by atoms with Crippen molar-refractivity contribution in [3.8, 4) is 17.2 Å². The molecule has 0 atom stereocenters. The maximum absolute atomic E-state index is 12.8. The van der Waals surface area contributed by atoms with E-state index in [1.807, 2.05) is 24.3 Å². The van der Waals surface area contributed by atoms with E-state index in [4.69, 9.17) is 9.15 Å². The van der Waals surface area contributed by atoms with Crippen molar-refractivity contribution >= 4 is 11.6 Å². The van der Waals surface area contributed by atoms with Crippen molar-refractivity contribution in [2.75, 3.05) is 38.2 Å². The van der Waals surface area contributed by atoms with Crippen LogP contribution in [0, 0.1) is 13.8 Å². The molecule has 3 aromatic rings. The molecule has 0 N–H and O–H groups in total. The summed E-state index contributed by atoms with van der Waals surface area (Å²) in [6.45, 7) is 7.04. The minimum atomic E-state index is -0.224. The summed E-state index contributed by atoms with van der Waals surface area (Å²) in [5, 5.41) is 7.99. The highest BCUT2D eigenvalue weighted by molar-refractivity contribution is 5.90. The van der Waals surface area contributed by atoms with E-state index in [-0.39, 0.29) is 11.8 Å². The summed E-state index contributed by atoms with van der Waals surface area (Å²) in [5.74, 6) is 0.866. The van der Waals surface area contributed by atoms with E-state index in [1.165, 1.54) is 16.8 Å². The lowest BCUT2D eigenvalue weighted by Gasteiger charge is -2.36. The molecule has 1 aromatic heterocycles. The van der Waals surface area contributed by atoms with Gasteiger partial charge in [-0.25, -0.2) is 0 Å². The number of rotatable bonds is 4. The number of amides is 1. The second kappa shape index (κ2) is 7.95. The van der Waals surface area contributed by atoms with Crippen LogP contribution < -0.4 is 9.64 Å². The van der Waals surface area contributed by atoms with Gasteiger partial charge in [0.05, 0.1) is 7.11 Å². The molecule has 29 heavy (non-hydrogen) atoms. The van der Waals surface area contributed by atoms with E-state index in [1.54, 1.807) is 12.0 Å². The second-order valence-electron chi connectivity index (χ2n) is 7.14. The van der Waals surface area contributed by atoms with Gasteiger partial charge in [0.25, 0.3) is 0 Å². The summed E-state index contributed by atoms with van der Waals surface area (Å²) < 4.78 is 10.8. The number of piperazine rings is 1. The van der Waals surface area contributed by atoms with Crippen LogP contribution in [0.25, 0.3) is 11.5 Å². The highest BCUT2D eigenvalue weighted by atomic mass is 16.5. The molecule has 7 heteroatoms. The predicted octanol–water partition coefficient (Wildman–Crippen LogP) is 3.32. The Morgan fingerprint density at radius 2 is 1.72 bits per heavy atom. The number of benzene rings is 2. The highest BCUT2D eigenvalue weighted by Gasteiger charge is 2.27. The van der Waals surface area contributed by atoms with Crippen LogP contribution in [0.2, 0.25) is 0 Å². The van der Waals surface area contributed by atoms with Gasteiger partial charge in [0, 0.05) is 37.4 Å². The number of aromatic nitrogens is 2. The number of ether oxygens (including phenoxy) is 1. The van der Waals surface area contributed by atoms with Crippen LogP contribution in [0.15, 0.2) is 46.9 Å². The predicted molar refractivity (Wildman–Crippen MR) is 110 cm³/mol. The topological polar surface area (TPSA) is 71.7 Å². The van der Waals surface area contributed by atoms with Gasteiger partial charge in [-0.05, 0) is 55.3 Å². The lowest BCUT2D eigenvalue weighted by Crippen LogP contribution is -2.49.